The number of fused-ring (bicyclic) bond motifs is 2. The van der Waals surface area contributed by atoms with E-state index in [1.807, 2.05) is 37.3 Å². The van der Waals surface area contributed by atoms with Crippen molar-refractivity contribution in [3.05, 3.63) is 63.3 Å². The van der Waals surface area contributed by atoms with Crippen LogP contribution in [0.3, 0.4) is 0 Å². The summed E-state index contributed by atoms with van der Waals surface area (Å²) in [7, 11) is 3.28. The lowest BCUT2D eigenvalue weighted by Gasteiger charge is -2.28. The molecule has 1 aliphatic rings. The number of para-hydroxylation sites is 1. The molecule has 0 saturated carbocycles. The summed E-state index contributed by atoms with van der Waals surface area (Å²) >= 11 is 0. The summed E-state index contributed by atoms with van der Waals surface area (Å²) in [5.41, 5.74) is 4.43. The first-order valence-corrected chi connectivity index (χ1v) is 10.1. The molecular weight excluding hydrogens is 398 g/mol. The van der Waals surface area contributed by atoms with E-state index in [2.05, 4.69) is 15.2 Å². The van der Waals surface area contributed by atoms with E-state index >= 15 is 0 Å². The fourth-order valence-corrected chi connectivity index (χ4v) is 4.13. The minimum atomic E-state index is -0.0647. The predicted octanol–water partition coefficient (Wildman–Crippen LogP) is 2.56. The molecule has 0 radical (unpaired) electrons. The van der Waals surface area contributed by atoms with Gasteiger partial charge in [-0.1, -0.05) is 17.3 Å². The fourth-order valence-electron chi connectivity index (χ4n) is 4.13. The fraction of sp³-hybridized carbons (Fsp3) is 0.318. The lowest BCUT2D eigenvalue weighted by molar-refractivity contribution is 0.235. The molecule has 0 fully saturated rings. The summed E-state index contributed by atoms with van der Waals surface area (Å²) in [6, 6.07) is 9.51. The molecule has 1 aliphatic heterocycles. The quantitative estimate of drug-likeness (QED) is 0.529. The zero-order valence-corrected chi connectivity index (χ0v) is 17.6. The number of hydrogen-bond acceptors (Lipinski definition) is 7. The zero-order valence-electron chi connectivity index (χ0n) is 17.6. The van der Waals surface area contributed by atoms with Gasteiger partial charge in [0.25, 0.3) is 5.56 Å². The largest absolute Gasteiger partial charge is 0.493 e. The van der Waals surface area contributed by atoms with E-state index in [0.717, 1.165) is 29.1 Å². The first kappa shape index (κ1) is 19.4. The van der Waals surface area contributed by atoms with Crippen molar-refractivity contribution in [2.75, 3.05) is 20.8 Å². The number of rotatable bonds is 5. The van der Waals surface area contributed by atoms with E-state index in [0.29, 0.717) is 48.1 Å². The number of nitrogens with zero attached hydrogens (tertiary/aromatic N) is 4. The summed E-state index contributed by atoms with van der Waals surface area (Å²) in [6.45, 7) is 3.85. The Bertz CT molecular complexity index is 1320. The second kappa shape index (κ2) is 7.59. The van der Waals surface area contributed by atoms with Crippen LogP contribution in [0.2, 0.25) is 0 Å². The molecule has 0 amide bonds. The lowest BCUT2D eigenvalue weighted by Crippen LogP contribution is -2.36. The van der Waals surface area contributed by atoms with Crippen LogP contribution < -0.4 is 15.0 Å². The van der Waals surface area contributed by atoms with E-state index in [1.54, 1.807) is 14.2 Å². The average Bonchev–Trinajstić information content (AvgIpc) is 3.40. The van der Waals surface area contributed by atoms with Crippen molar-refractivity contribution >= 4 is 5.65 Å². The summed E-state index contributed by atoms with van der Waals surface area (Å²) in [5.74, 6) is 2.15. The number of nitrogens with one attached hydrogen (secondary N) is 1. The maximum atomic E-state index is 13.1. The minimum absolute atomic E-state index is 0.0647. The molecule has 31 heavy (non-hydrogen) atoms. The topological polar surface area (TPSA) is 97.9 Å². The van der Waals surface area contributed by atoms with Gasteiger partial charge >= 0.3 is 0 Å². The Morgan fingerprint density at radius 3 is 2.84 bits per heavy atom. The van der Waals surface area contributed by atoms with Gasteiger partial charge in [-0.25, -0.2) is 9.50 Å². The molecule has 0 atom stereocenters. The number of H-pyrrole nitrogens is 1. The normalized spacial score (nSPS) is 14.0. The third-order valence-corrected chi connectivity index (χ3v) is 5.63. The summed E-state index contributed by atoms with van der Waals surface area (Å²) < 4.78 is 17.6. The highest BCUT2D eigenvalue weighted by atomic mass is 16.5. The molecular formula is C22H23N5O4. The first-order chi connectivity index (χ1) is 15.1. The van der Waals surface area contributed by atoms with Gasteiger partial charge in [-0.3, -0.25) is 14.8 Å². The van der Waals surface area contributed by atoms with Crippen molar-refractivity contribution in [3.8, 4) is 22.9 Å². The van der Waals surface area contributed by atoms with Crippen molar-refractivity contribution in [1.29, 1.82) is 0 Å². The highest BCUT2D eigenvalue weighted by molar-refractivity contribution is 5.60. The van der Waals surface area contributed by atoms with E-state index < -0.39 is 0 Å². The van der Waals surface area contributed by atoms with Gasteiger partial charge in [0, 0.05) is 42.9 Å². The zero-order chi connectivity index (χ0) is 21.5. The molecule has 4 heterocycles. The molecule has 3 aromatic heterocycles. The van der Waals surface area contributed by atoms with Crippen molar-refractivity contribution in [2.24, 2.45) is 0 Å². The predicted molar refractivity (Wildman–Crippen MR) is 113 cm³/mol. The van der Waals surface area contributed by atoms with Crippen molar-refractivity contribution in [3.63, 3.8) is 0 Å². The van der Waals surface area contributed by atoms with Crippen LogP contribution in [0.1, 0.15) is 22.6 Å². The highest BCUT2D eigenvalue weighted by Crippen LogP contribution is 2.32. The Morgan fingerprint density at radius 2 is 2.10 bits per heavy atom. The van der Waals surface area contributed by atoms with Crippen LogP contribution in [0.5, 0.6) is 11.5 Å². The molecule has 9 nitrogen and oxygen atoms in total. The molecule has 5 rings (SSSR count). The number of methoxy groups -OCH3 is 2. The van der Waals surface area contributed by atoms with Gasteiger partial charge in [-0.15, -0.1) is 0 Å². The van der Waals surface area contributed by atoms with E-state index in [9.17, 15) is 4.79 Å². The van der Waals surface area contributed by atoms with Crippen LogP contribution in [-0.4, -0.2) is 45.4 Å². The van der Waals surface area contributed by atoms with Gasteiger partial charge in [0.15, 0.2) is 17.1 Å². The molecule has 0 spiro atoms. The molecule has 9 heteroatoms. The summed E-state index contributed by atoms with van der Waals surface area (Å²) in [6.07, 6.45) is 0.633. The third kappa shape index (κ3) is 3.36. The van der Waals surface area contributed by atoms with Gasteiger partial charge in [-0.2, -0.15) is 0 Å². The third-order valence-electron chi connectivity index (χ3n) is 5.63. The van der Waals surface area contributed by atoms with Crippen molar-refractivity contribution in [2.45, 2.75) is 26.4 Å². The Hall–Kier alpha value is -3.59. The molecule has 1 aromatic carbocycles. The molecule has 4 aromatic rings. The van der Waals surface area contributed by atoms with E-state index in [-0.39, 0.29) is 5.56 Å². The van der Waals surface area contributed by atoms with Crippen LogP contribution in [0.4, 0.5) is 0 Å². The van der Waals surface area contributed by atoms with Crippen molar-refractivity contribution < 1.29 is 14.0 Å². The molecule has 160 valence electrons. The van der Waals surface area contributed by atoms with Gasteiger partial charge in [-0.05, 0) is 19.4 Å². The molecule has 0 saturated heterocycles. The lowest BCUT2D eigenvalue weighted by atomic mass is 10.1. The first-order valence-electron chi connectivity index (χ1n) is 10.1. The average molecular weight is 421 g/mol. The number of benzene rings is 1. The van der Waals surface area contributed by atoms with Gasteiger partial charge in [0.1, 0.15) is 11.5 Å². The number of aromatic amines is 1. The number of ether oxygens (including phenoxy) is 2. The van der Waals surface area contributed by atoms with Gasteiger partial charge in [0.2, 0.25) is 0 Å². The van der Waals surface area contributed by atoms with Crippen LogP contribution in [0.15, 0.2) is 39.6 Å². The van der Waals surface area contributed by atoms with Gasteiger partial charge in [0.05, 0.1) is 25.6 Å². The monoisotopic (exact) mass is 421 g/mol. The standard InChI is InChI=1S/C22H23N5O4/c1-13-9-17(25-31-13)16-10-20-23-18-12-26(8-7-15(18)22(28)27(20)24-16)11-14-5-4-6-19(29-2)21(14)30-3/h4-6,9-10,24H,7-8,11-12H2,1-3H3. The van der Waals surface area contributed by atoms with Crippen LogP contribution in [0.25, 0.3) is 17.0 Å². The SMILES string of the molecule is COc1cccc(CN2CCc3c(nc4cc(-c5cc(C)on5)[nH]n4c3=O)C2)c1OC. The summed E-state index contributed by atoms with van der Waals surface area (Å²) in [5, 5.41) is 7.12. The number of aromatic nitrogens is 4. The van der Waals surface area contributed by atoms with Crippen molar-refractivity contribution in [1.82, 2.24) is 24.7 Å². The molecule has 0 bridgehead atoms. The second-order valence-corrected chi connectivity index (χ2v) is 7.64. The highest BCUT2D eigenvalue weighted by Gasteiger charge is 2.24. The summed E-state index contributed by atoms with van der Waals surface area (Å²) in [4.78, 5) is 20.1. The maximum absolute atomic E-state index is 13.1. The Kier molecular flexibility index (Phi) is 4.74. The second-order valence-electron chi connectivity index (χ2n) is 7.64. The molecule has 0 aliphatic carbocycles. The maximum Gasteiger partial charge on any atom is 0.276 e. The van der Waals surface area contributed by atoms with Crippen LogP contribution in [0, 0.1) is 6.92 Å². The smallest absolute Gasteiger partial charge is 0.276 e. The minimum Gasteiger partial charge on any atom is -0.493 e. The Labute approximate surface area is 178 Å². The molecule has 1 N–H and O–H groups in total. The van der Waals surface area contributed by atoms with E-state index in [4.69, 9.17) is 19.0 Å². The number of hydrogen-bond donors (Lipinski definition) is 1. The molecule has 0 unspecified atom stereocenters. The van der Waals surface area contributed by atoms with E-state index in [1.165, 1.54) is 4.52 Å². The van der Waals surface area contributed by atoms with Crippen LogP contribution in [-0.2, 0) is 19.5 Å². The Balaban J connectivity index is 1.46. The Morgan fingerprint density at radius 1 is 1.23 bits per heavy atom. The number of aryl methyl sites for hydroxylation is 1. The van der Waals surface area contributed by atoms with Gasteiger partial charge < -0.3 is 14.0 Å². The van der Waals surface area contributed by atoms with Crippen LogP contribution >= 0.6 is 0 Å².